The lowest BCUT2D eigenvalue weighted by Crippen LogP contribution is -2.38. The third-order valence-electron chi connectivity index (χ3n) is 4.47. The van der Waals surface area contributed by atoms with Crippen LogP contribution in [0, 0.1) is 0 Å². The zero-order chi connectivity index (χ0) is 19.9. The molecule has 0 aromatic heterocycles. The monoisotopic (exact) mass is 377 g/mol. The average molecular weight is 377 g/mol. The van der Waals surface area contributed by atoms with Crippen molar-refractivity contribution in [2.24, 2.45) is 0 Å². The zero-order valence-corrected chi connectivity index (χ0v) is 15.8. The van der Waals surface area contributed by atoms with Gasteiger partial charge in [-0.15, -0.1) is 0 Å². The fourth-order valence-corrected chi connectivity index (χ4v) is 3.19. The molecule has 5 nitrogen and oxygen atoms in total. The van der Waals surface area contributed by atoms with Crippen molar-refractivity contribution in [2.45, 2.75) is 19.4 Å². The molecule has 0 saturated carbocycles. The SMILES string of the molecule is C=CCOc1ccc(/C=C/C(=O)OCC(=O)N2c3ccccc3CC2C)cc1. The predicted octanol–water partition coefficient (Wildman–Crippen LogP) is 3.79. The first-order valence-electron chi connectivity index (χ1n) is 9.17. The van der Waals surface area contributed by atoms with Crippen molar-refractivity contribution in [2.75, 3.05) is 18.1 Å². The Hall–Kier alpha value is -3.34. The molecular formula is C23H23NO4. The minimum absolute atomic E-state index is 0.0565. The van der Waals surface area contributed by atoms with Crippen molar-refractivity contribution in [3.05, 3.63) is 78.4 Å². The van der Waals surface area contributed by atoms with Crippen molar-refractivity contribution in [3.63, 3.8) is 0 Å². The average Bonchev–Trinajstić information content (AvgIpc) is 3.05. The van der Waals surface area contributed by atoms with Crippen molar-refractivity contribution in [3.8, 4) is 5.75 Å². The number of rotatable bonds is 7. The largest absolute Gasteiger partial charge is 0.490 e. The first-order chi connectivity index (χ1) is 13.6. The molecule has 0 radical (unpaired) electrons. The van der Waals surface area contributed by atoms with E-state index in [0.29, 0.717) is 6.61 Å². The molecule has 0 saturated heterocycles. The number of benzene rings is 2. The van der Waals surface area contributed by atoms with Crippen LogP contribution in [0.25, 0.3) is 6.08 Å². The summed E-state index contributed by atoms with van der Waals surface area (Å²) < 4.78 is 10.5. The van der Waals surface area contributed by atoms with E-state index < -0.39 is 5.97 Å². The summed E-state index contributed by atoms with van der Waals surface area (Å²) in [5, 5.41) is 0. The van der Waals surface area contributed by atoms with E-state index >= 15 is 0 Å². The van der Waals surface area contributed by atoms with E-state index in [-0.39, 0.29) is 18.6 Å². The summed E-state index contributed by atoms with van der Waals surface area (Å²) in [6.45, 7) is 5.74. The van der Waals surface area contributed by atoms with Gasteiger partial charge >= 0.3 is 5.97 Å². The van der Waals surface area contributed by atoms with Gasteiger partial charge < -0.3 is 14.4 Å². The highest BCUT2D eigenvalue weighted by molar-refractivity contribution is 5.98. The Morgan fingerprint density at radius 3 is 2.68 bits per heavy atom. The topological polar surface area (TPSA) is 55.8 Å². The van der Waals surface area contributed by atoms with Gasteiger partial charge in [0.15, 0.2) is 6.61 Å². The third-order valence-corrected chi connectivity index (χ3v) is 4.47. The molecule has 144 valence electrons. The molecule has 0 N–H and O–H groups in total. The van der Waals surface area contributed by atoms with Gasteiger partial charge in [0, 0.05) is 17.8 Å². The maximum Gasteiger partial charge on any atom is 0.331 e. The van der Waals surface area contributed by atoms with Crippen LogP contribution in [0.4, 0.5) is 5.69 Å². The molecule has 2 aromatic carbocycles. The van der Waals surface area contributed by atoms with Crippen molar-refractivity contribution in [1.29, 1.82) is 0 Å². The van der Waals surface area contributed by atoms with Crippen molar-refractivity contribution < 1.29 is 19.1 Å². The van der Waals surface area contributed by atoms with Gasteiger partial charge in [0.2, 0.25) is 0 Å². The number of para-hydroxylation sites is 1. The number of hydrogen-bond acceptors (Lipinski definition) is 4. The molecule has 1 aliphatic heterocycles. The fourth-order valence-electron chi connectivity index (χ4n) is 3.19. The van der Waals surface area contributed by atoms with Crippen LogP contribution in [0.15, 0.2) is 67.3 Å². The lowest BCUT2D eigenvalue weighted by molar-refractivity contribution is -0.143. The van der Waals surface area contributed by atoms with Crippen LogP contribution in [0.3, 0.4) is 0 Å². The van der Waals surface area contributed by atoms with Crippen LogP contribution in [0.5, 0.6) is 5.75 Å². The fraction of sp³-hybridized carbons (Fsp3) is 0.217. The number of carbonyl (C=O) groups is 2. The van der Waals surface area contributed by atoms with Gasteiger partial charge in [-0.3, -0.25) is 4.79 Å². The van der Waals surface area contributed by atoms with E-state index in [4.69, 9.17) is 9.47 Å². The molecule has 5 heteroatoms. The van der Waals surface area contributed by atoms with Crippen LogP contribution >= 0.6 is 0 Å². The maximum atomic E-state index is 12.5. The first-order valence-corrected chi connectivity index (χ1v) is 9.17. The number of carbonyl (C=O) groups excluding carboxylic acids is 2. The van der Waals surface area contributed by atoms with Crippen molar-refractivity contribution >= 4 is 23.6 Å². The lowest BCUT2D eigenvalue weighted by Gasteiger charge is -2.22. The minimum atomic E-state index is -0.555. The molecule has 1 aliphatic rings. The minimum Gasteiger partial charge on any atom is -0.490 e. The number of nitrogens with zero attached hydrogens (tertiary/aromatic N) is 1. The standard InChI is InChI=1S/C23H23NO4/c1-3-14-27-20-11-8-18(9-12-20)10-13-23(26)28-16-22(25)24-17(2)15-19-6-4-5-7-21(19)24/h3-13,17H,1,14-16H2,2H3/b13-10+. The number of ether oxygens (including phenoxy) is 2. The highest BCUT2D eigenvalue weighted by Gasteiger charge is 2.30. The maximum absolute atomic E-state index is 12.5. The van der Waals surface area contributed by atoms with E-state index in [0.717, 1.165) is 29.0 Å². The highest BCUT2D eigenvalue weighted by Crippen LogP contribution is 2.31. The van der Waals surface area contributed by atoms with Crippen LogP contribution < -0.4 is 9.64 Å². The summed E-state index contributed by atoms with van der Waals surface area (Å²) in [4.78, 5) is 26.2. The lowest BCUT2D eigenvalue weighted by atomic mass is 10.1. The van der Waals surface area contributed by atoms with Crippen molar-refractivity contribution in [1.82, 2.24) is 0 Å². The van der Waals surface area contributed by atoms with Gasteiger partial charge in [0.05, 0.1) is 0 Å². The number of anilines is 1. The normalized spacial score (nSPS) is 15.3. The second-order valence-electron chi connectivity index (χ2n) is 6.56. The van der Waals surface area contributed by atoms with Crippen LogP contribution in [0.1, 0.15) is 18.1 Å². The Kier molecular flexibility index (Phi) is 6.27. The number of esters is 1. The van der Waals surface area contributed by atoms with E-state index in [1.807, 2.05) is 55.5 Å². The van der Waals surface area contributed by atoms with Crippen LogP contribution in [-0.2, 0) is 20.7 Å². The summed E-state index contributed by atoms with van der Waals surface area (Å²) >= 11 is 0. The van der Waals surface area contributed by atoms with Gasteiger partial charge in [-0.05, 0) is 48.7 Å². The smallest absolute Gasteiger partial charge is 0.331 e. The summed E-state index contributed by atoms with van der Waals surface area (Å²) in [7, 11) is 0. The number of fused-ring (bicyclic) bond motifs is 1. The molecular weight excluding hydrogens is 354 g/mol. The van der Waals surface area contributed by atoms with E-state index in [9.17, 15) is 9.59 Å². The molecule has 0 spiro atoms. The van der Waals surface area contributed by atoms with Gasteiger partial charge in [-0.25, -0.2) is 4.79 Å². The Morgan fingerprint density at radius 2 is 1.93 bits per heavy atom. The van der Waals surface area contributed by atoms with E-state index in [2.05, 4.69) is 6.58 Å². The Labute approximate surface area is 164 Å². The molecule has 0 bridgehead atoms. The summed E-state index contributed by atoms with van der Waals surface area (Å²) in [5.74, 6) is -0.0476. The predicted molar refractivity (Wildman–Crippen MR) is 109 cm³/mol. The second-order valence-corrected chi connectivity index (χ2v) is 6.56. The summed E-state index contributed by atoms with van der Waals surface area (Å²) in [6.07, 6.45) is 5.43. The summed E-state index contributed by atoms with van der Waals surface area (Å²) in [6, 6.07) is 15.1. The molecule has 1 atom stereocenters. The Balaban J connectivity index is 1.52. The third kappa shape index (κ3) is 4.68. The molecule has 0 fully saturated rings. The second kappa shape index (κ2) is 9.04. The first kappa shape index (κ1) is 19.4. The number of hydrogen-bond donors (Lipinski definition) is 0. The molecule has 1 heterocycles. The highest BCUT2D eigenvalue weighted by atomic mass is 16.5. The van der Waals surface area contributed by atoms with E-state index in [1.54, 1.807) is 17.1 Å². The van der Waals surface area contributed by atoms with Crippen LogP contribution in [0.2, 0.25) is 0 Å². The van der Waals surface area contributed by atoms with E-state index in [1.165, 1.54) is 6.08 Å². The quantitative estimate of drug-likeness (QED) is 0.419. The molecule has 2 aromatic rings. The molecule has 1 unspecified atom stereocenters. The van der Waals surface area contributed by atoms with Gasteiger partial charge in [0.25, 0.3) is 5.91 Å². The Morgan fingerprint density at radius 1 is 1.18 bits per heavy atom. The molecule has 1 amide bonds. The molecule has 3 rings (SSSR count). The molecule has 28 heavy (non-hydrogen) atoms. The Bertz CT molecular complexity index is 886. The number of amides is 1. The summed E-state index contributed by atoms with van der Waals surface area (Å²) in [5.41, 5.74) is 2.86. The molecule has 0 aliphatic carbocycles. The zero-order valence-electron chi connectivity index (χ0n) is 15.8. The van der Waals surface area contributed by atoms with Gasteiger partial charge in [-0.1, -0.05) is 43.0 Å². The van der Waals surface area contributed by atoms with Gasteiger partial charge in [0.1, 0.15) is 12.4 Å². The van der Waals surface area contributed by atoms with Gasteiger partial charge in [-0.2, -0.15) is 0 Å². The van der Waals surface area contributed by atoms with Crippen LogP contribution in [-0.4, -0.2) is 31.1 Å².